The maximum Gasteiger partial charge on any atom is 0.118 e. The Hall–Kier alpha value is -2.48. The zero-order valence-corrected chi connectivity index (χ0v) is 13.1. The first kappa shape index (κ1) is 14.5. The molecule has 3 aromatic rings. The van der Waals surface area contributed by atoms with Gasteiger partial charge in [-0.3, -0.25) is 0 Å². The van der Waals surface area contributed by atoms with Gasteiger partial charge in [0.1, 0.15) is 5.75 Å². The van der Waals surface area contributed by atoms with Gasteiger partial charge in [0.05, 0.1) is 7.11 Å². The second kappa shape index (κ2) is 6.10. The molecule has 0 aliphatic heterocycles. The summed E-state index contributed by atoms with van der Waals surface area (Å²) in [6.07, 6.45) is 2.91. The van der Waals surface area contributed by atoms with E-state index in [0.717, 1.165) is 12.2 Å². The van der Waals surface area contributed by atoms with Gasteiger partial charge < -0.3 is 9.72 Å². The van der Waals surface area contributed by atoms with Crippen LogP contribution in [0.5, 0.6) is 5.75 Å². The van der Waals surface area contributed by atoms with Gasteiger partial charge in [0.25, 0.3) is 0 Å². The highest BCUT2D eigenvalue weighted by molar-refractivity contribution is 5.85. The number of aromatic nitrogens is 1. The van der Waals surface area contributed by atoms with Crippen molar-refractivity contribution < 1.29 is 4.74 Å². The number of hydrogen-bond donors (Lipinski definition) is 1. The molecule has 112 valence electrons. The molecule has 2 aromatic carbocycles. The molecule has 0 saturated carbocycles. The SMILES string of the molecule is C=CCC(c1ccc(OC)cc1)c1c(C)[nH]c2ccccc12. The van der Waals surface area contributed by atoms with Crippen LogP contribution in [0.1, 0.15) is 29.2 Å². The monoisotopic (exact) mass is 291 g/mol. The number of benzene rings is 2. The van der Waals surface area contributed by atoms with Crippen LogP contribution in [0.15, 0.2) is 61.2 Å². The van der Waals surface area contributed by atoms with Crippen molar-refractivity contribution in [2.45, 2.75) is 19.3 Å². The maximum absolute atomic E-state index is 5.27. The quantitative estimate of drug-likeness (QED) is 0.643. The van der Waals surface area contributed by atoms with Gasteiger partial charge in [-0.25, -0.2) is 0 Å². The second-order valence-electron chi connectivity index (χ2n) is 5.56. The molecule has 3 rings (SSSR count). The highest BCUT2D eigenvalue weighted by atomic mass is 16.5. The molecule has 2 nitrogen and oxygen atoms in total. The van der Waals surface area contributed by atoms with E-state index in [1.807, 2.05) is 18.2 Å². The van der Waals surface area contributed by atoms with Crippen molar-refractivity contribution in [1.29, 1.82) is 0 Å². The number of aromatic amines is 1. The van der Waals surface area contributed by atoms with Crippen LogP contribution < -0.4 is 4.74 Å². The highest BCUT2D eigenvalue weighted by Gasteiger charge is 2.19. The predicted octanol–water partition coefficient (Wildman–Crippen LogP) is 5.19. The van der Waals surface area contributed by atoms with Crippen molar-refractivity contribution in [3.63, 3.8) is 0 Å². The Labute approximate surface area is 131 Å². The van der Waals surface area contributed by atoms with Gasteiger partial charge in [0.2, 0.25) is 0 Å². The fourth-order valence-electron chi connectivity index (χ4n) is 3.17. The van der Waals surface area contributed by atoms with Gasteiger partial charge in [-0.05, 0) is 42.7 Å². The van der Waals surface area contributed by atoms with Crippen molar-refractivity contribution in [3.05, 3.63) is 78.0 Å². The molecule has 0 fully saturated rings. The molecule has 0 spiro atoms. The van der Waals surface area contributed by atoms with E-state index in [9.17, 15) is 0 Å². The number of fused-ring (bicyclic) bond motifs is 1. The topological polar surface area (TPSA) is 25.0 Å². The number of allylic oxidation sites excluding steroid dienone is 1. The second-order valence-corrected chi connectivity index (χ2v) is 5.56. The molecular formula is C20H21NO. The summed E-state index contributed by atoms with van der Waals surface area (Å²) >= 11 is 0. The zero-order chi connectivity index (χ0) is 15.5. The zero-order valence-electron chi connectivity index (χ0n) is 13.1. The third-order valence-corrected chi connectivity index (χ3v) is 4.21. The minimum absolute atomic E-state index is 0.305. The Morgan fingerprint density at radius 1 is 1.14 bits per heavy atom. The number of nitrogens with one attached hydrogen (secondary N) is 1. The molecule has 0 amide bonds. The van der Waals surface area contributed by atoms with Crippen molar-refractivity contribution in [2.24, 2.45) is 0 Å². The van der Waals surface area contributed by atoms with Gasteiger partial charge in [0, 0.05) is 22.5 Å². The van der Waals surface area contributed by atoms with Crippen LogP contribution in [-0.4, -0.2) is 12.1 Å². The Morgan fingerprint density at radius 3 is 2.55 bits per heavy atom. The maximum atomic E-state index is 5.27. The first-order valence-corrected chi connectivity index (χ1v) is 7.56. The van der Waals surface area contributed by atoms with Crippen molar-refractivity contribution in [1.82, 2.24) is 4.98 Å². The Bertz CT molecular complexity index is 783. The molecule has 1 heterocycles. The van der Waals surface area contributed by atoms with Crippen LogP contribution in [0.3, 0.4) is 0 Å². The smallest absolute Gasteiger partial charge is 0.118 e. The summed E-state index contributed by atoms with van der Waals surface area (Å²) in [4.78, 5) is 3.50. The lowest BCUT2D eigenvalue weighted by molar-refractivity contribution is 0.414. The molecule has 0 bridgehead atoms. The molecular weight excluding hydrogens is 270 g/mol. The molecule has 1 unspecified atom stereocenters. The average Bonchev–Trinajstić information content (AvgIpc) is 2.88. The van der Waals surface area contributed by atoms with Crippen molar-refractivity contribution >= 4 is 10.9 Å². The van der Waals surface area contributed by atoms with E-state index in [-0.39, 0.29) is 0 Å². The number of para-hydroxylation sites is 1. The Kier molecular flexibility index (Phi) is 4.01. The molecule has 0 saturated heterocycles. The van der Waals surface area contributed by atoms with Crippen molar-refractivity contribution in [3.8, 4) is 5.75 Å². The number of aryl methyl sites for hydroxylation is 1. The van der Waals surface area contributed by atoms with E-state index in [4.69, 9.17) is 4.74 Å². The minimum atomic E-state index is 0.305. The van der Waals surface area contributed by atoms with E-state index in [1.165, 1.54) is 27.7 Å². The summed E-state index contributed by atoms with van der Waals surface area (Å²) < 4.78 is 5.27. The van der Waals surface area contributed by atoms with Crippen LogP contribution in [0.4, 0.5) is 0 Å². The summed E-state index contributed by atoms with van der Waals surface area (Å²) in [5.74, 6) is 1.19. The summed E-state index contributed by atoms with van der Waals surface area (Å²) in [5, 5.41) is 1.29. The summed E-state index contributed by atoms with van der Waals surface area (Å²) in [5.41, 5.74) is 5.07. The van der Waals surface area contributed by atoms with Crippen molar-refractivity contribution in [2.75, 3.05) is 7.11 Å². The summed E-state index contributed by atoms with van der Waals surface area (Å²) in [7, 11) is 1.69. The van der Waals surface area contributed by atoms with Crippen LogP contribution in [0, 0.1) is 6.92 Å². The third kappa shape index (κ3) is 2.52. The first-order valence-electron chi connectivity index (χ1n) is 7.56. The molecule has 0 aliphatic carbocycles. The van der Waals surface area contributed by atoms with E-state index in [0.29, 0.717) is 5.92 Å². The predicted molar refractivity (Wildman–Crippen MR) is 92.7 cm³/mol. The van der Waals surface area contributed by atoms with Crippen LogP contribution in [0.25, 0.3) is 10.9 Å². The van der Waals surface area contributed by atoms with Crippen LogP contribution in [-0.2, 0) is 0 Å². The van der Waals surface area contributed by atoms with E-state index >= 15 is 0 Å². The molecule has 1 atom stereocenters. The van der Waals surface area contributed by atoms with Gasteiger partial charge in [0.15, 0.2) is 0 Å². The number of ether oxygens (including phenoxy) is 1. The lowest BCUT2D eigenvalue weighted by atomic mass is 9.87. The molecule has 1 N–H and O–H groups in total. The Morgan fingerprint density at radius 2 is 1.86 bits per heavy atom. The van der Waals surface area contributed by atoms with Crippen LogP contribution >= 0.6 is 0 Å². The largest absolute Gasteiger partial charge is 0.497 e. The van der Waals surface area contributed by atoms with Gasteiger partial charge in [-0.1, -0.05) is 36.4 Å². The fourth-order valence-corrected chi connectivity index (χ4v) is 3.17. The number of methoxy groups -OCH3 is 1. The number of hydrogen-bond acceptors (Lipinski definition) is 1. The van der Waals surface area contributed by atoms with E-state index in [2.05, 4.69) is 54.9 Å². The molecule has 22 heavy (non-hydrogen) atoms. The summed E-state index contributed by atoms with van der Waals surface area (Å²) in [6, 6.07) is 16.8. The molecule has 0 radical (unpaired) electrons. The van der Waals surface area contributed by atoms with Gasteiger partial charge in [-0.2, -0.15) is 0 Å². The molecule has 1 aromatic heterocycles. The lowest BCUT2D eigenvalue weighted by Gasteiger charge is -2.17. The normalized spacial score (nSPS) is 12.3. The van der Waals surface area contributed by atoms with E-state index < -0.39 is 0 Å². The highest BCUT2D eigenvalue weighted by Crippen LogP contribution is 2.36. The third-order valence-electron chi connectivity index (χ3n) is 4.21. The van der Waals surface area contributed by atoms with Crippen LogP contribution in [0.2, 0.25) is 0 Å². The Balaban J connectivity index is 2.13. The lowest BCUT2D eigenvalue weighted by Crippen LogP contribution is -2.01. The van der Waals surface area contributed by atoms with E-state index in [1.54, 1.807) is 7.11 Å². The fraction of sp³-hybridized carbons (Fsp3) is 0.200. The standard InChI is InChI=1S/C20H21NO/c1-4-7-17(15-10-12-16(22-3)13-11-15)20-14(2)21-19-9-6-5-8-18(19)20/h4-6,8-13,17,21H,1,7H2,2-3H3. The average molecular weight is 291 g/mol. The molecule has 0 aliphatic rings. The van der Waals surface area contributed by atoms with Gasteiger partial charge in [-0.15, -0.1) is 6.58 Å². The minimum Gasteiger partial charge on any atom is -0.497 e. The molecule has 2 heteroatoms. The summed E-state index contributed by atoms with van der Waals surface area (Å²) in [6.45, 7) is 6.09. The first-order chi connectivity index (χ1) is 10.7. The number of H-pyrrole nitrogens is 1. The number of rotatable bonds is 5. The van der Waals surface area contributed by atoms with Gasteiger partial charge >= 0.3 is 0 Å².